The van der Waals surface area contributed by atoms with Gasteiger partial charge in [0, 0.05) is 12.3 Å². The Kier molecular flexibility index (Phi) is 7.30. The maximum Gasteiger partial charge on any atom is 0.252 e. The molecular weight excluding hydrogens is 415 g/mol. The van der Waals surface area contributed by atoms with Crippen LogP contribution in [0.1, 0.15) is 27.6 Å². The second kappa shape index (κ2) is 9.51. The van der Waals surface area contributed by atoms with Crippen molar-refractivity contribution in [3.05, 3.63) is 65.2 Å². The molecule has 10 heteroatoms. The lowest BCUT2D eigenvalue weighted by molar-refractivity contribution is -0.118. The average Bonchev–Trinajstić information content (AvgIpc) is 2.70. The van der Waals surface area contributed by atoms with Crippen molar-refractivity contribution >= 4 is 27.7 Å². The molecule has 2 aromatic rings. The third-order valence-electron chi connectivity index (χ3n) is 4.24. The number of phenols is 1. The molecule has 2 atom stereocenters. The number of carbonyl (C=O) groups excluding carboxylic acids is 2. The summed E-state index contributed by atoms with van der Waals surface area (Å²) in [6.07, 6.45) is 2.02. The second-order valence-corrected chi connectivity index (χ2v) is 8.55. The van der Waals surface area contributed by atoms with Crippen LogP contribution in [0.5, 0.6) is 5.75 Å². The zero-order valence-electron chi connectivity index (χ0n) is 15.9. The van der Waals surface area contributed by atoms with Crippen LogP contribution in [0.4, 0.5) is 4.39 Å². The van der Waals surface area contributed by atoms with E-state index in [1.54, 1.807) is 0 Å². The number of nitrogens with one attached hydrogen (secondary N) is 1. The summed E-state index contributed by atoms with van der Waals surface area (Å²) in [4.78, 5) is 23.4. The summed E-state index contributed by atoms with van der Waals surface area (Å²) in [6, 6.07) is 7.94. The molecule has 5 N–H and O–H groups in total. The second-order valence-electron chi connectivity index (χ2n) is 6.53. The number of amides is 2. The van der Waals surface area contributed by atoms with Gasteiger partial charge < -0.3 is 21.3 Å². The monoisotopic (exact) mass is 436 g/mol. The molecule has 0 aliphatic heterocycles. The van der Waals surface area contributed by atoms with Crippen molar-refractivity contribution in [1.29, 1.82) is 0 Å². The highest BCUT2D eigenvalue weighted by molar-refractivity contribution is 7.90. The van der Waals surface area contributed by atoms with E-state index in [0.29, 0.717) is 5.56 Å². The van der Waals surface area contributed by atoms with Crippen LogP contribution in [-0.2, 0) is 14.6 Å². The molecule has 2 aromatic carbocycles. The number of hydrogen-bond acceptors (Lipinski definition) is 6. The van der Waals surface area contributed by atoms with E-state index < -0.39 is 40.5 Å². The number of alkyl halides is 1. The van der Waals surface area contributed by atoms with Gasteiger partial charge in [0.15, 0.2) is 9.84 Å². The lowest BCUT2D eigenvalue weighted by Gasteiger charge is -2.21. The van der Waals surface area contributed by atoms with Gasteiger partial charge >= 0.3 is 0 Å². The van der Waals surface area contributed by atoms with Crippen molar-refractivity contribution in [1.82, 2.24) is 5.32 Å². The highest BCUT2D eigenvalue weighted by Crippen LogP contribution is 2.21. The van der Waals surface area contributed by atoms with Gasteiger partial charge in [-0.15, -0.1) is 0 Å². The van der Waals surface area contributed by atoms with Crippen molar-refractivity contribution in [2.45, 2.75) is 17.0 Å². The number of primary amides is 1. The first-order valence-corrected chi connectivity index (χ1v) is 10.6. The fourth-order valence-electron chi connectivity index (χ4n) is 2.60. The first-order valence-electron chi connectivity index (χ1n) is 8.68. The third-order valence-corrected chi connectivity index (χ3v) is 5.37. The topological polar surface area (TPSA) is 147 Å². The average molecular weight is 436 g/mol. The van der Waals surface area contributed by atoms with Gasteiger partial charge in [-0.05, 0) is 41.5 Å². The minimum atomic E-state index is -3.41. The fraction of sp³-hybridized carbons (Fsp3) is 0.200. The molecule has 2 rings (SSSR count). The van der Waals surface area contributed by atoms with Gasteiger partial charge in [0.05, 0.1) is 16.5 Å². The highest BCUT2D eigenvalue weighted by atomic mass is 32.2. The minimum Gasteiger partial charge on any atom is -0.507 e. The number of aliphatic hydroxyl groups excluding tert-OH is 1. The Morgan fingerprint density at radius 3 is 2.37 bits per heavy atom. The maximum absolute atomic E-state index is 13.4. The van der Waals surface area contributed by atoms with E-state index in [9.17, 15) is 32.6 Å². The first kappa shape index (κ1) is 23.0. The van der Waals surface area contributed by atoms with E-state index in [1.807, 2.05) is 0 Å². The molecule has 0 fully saturated rings. The molecule has 0 radical (unpaired) electrons. The number of aromatic hydroxyl groups is 1. The molecule has 0 heterocycles. The van der Waals surface area contributed by atoms with E-state index in [-0.39, 0.29) is 21.8 Å². The van der Waals surface area contributed by atoms with Crippen LogP contribution in [0.2, 0.25) is 0 Å². The van der Waals surface area contributed by atoms with Crippen LogP contribution in [0, 0.1) is 0 Å². The summed E-state index contributed by atoms with van der Waals surface area (Å²) in [7, 11) is -3.41. The molecule has 160 valence electrons. The van der Waals surface area contributed by atoms with Crippen LogP contribution in [-0.4, -0.2) is 49.4 Å². The summed E-state index contributed by atoms with van der Waals surface area (Å²) in [6.45, 7) is -1.07. The smallest absolute Gasteiger partial charge is 0.252 e. The van der Waals surface area contributed by atoms with Crippen molar-refractivity contribution in [2.24, 2.45) is 5.73 Å². The fourth-order valence-corrected chi connectivity index (χ4v) is 3.23. The molecule has 0 saturated heterocycles. The molecule has 0 aliphatic rings. The summed E-state index contributed by atoms with van der Waals surface area (Å²) < 4.78 is 36.4. The standard InChI is InChI=1S/C20H21FN2O6S/c1-30(28,29)14-6-4-13(5-7-14)19(26)16(11-21)23-18(25)9-3-12-2-8-17(24)15(10-12)20(22)27/h2-10,16,19,24,26H,11H2,1H3,(H2,22,27)(H,23,25)/t16-,19-/m1/s1. The van der Waals surface area contributed by atoms with Crippen molar-refractivity contribution in [3.63, 3.8) is 0 Å². The zero-order chi connectivity index (χ0) is 22.5. The highest BCUT2D eigenvalue weighted by Gasteiger charge is 2.22. The van der Waals surface area contributed by atoms with Gasteiger partial charge in [-0.2, -0.15) is 0 Å². The van der Waals surface area contributed by atoms with Crippen LogP contribution in [0.3, 0.4) is 0 Å². The molecule has 8 nitrogen and oxygen atoms in total. The van der Waals surface area contributed by atoms with Crippen molar-refractivity contribution in [3.8, 4) is 5.75 Å². The van der Waals surface area contributed by atoms with Gasteiger partial charge in [-0.25, -0.2) is 12.8 Å². The number of benzene rings is 2. The lowest BCUT2D eigenvalue weighted by Crippen LogP contribution is -2.40. The Morgan fingerprint density at radius 1 is 1.20 bits per heavy atom. The SMILES string of the molecule is CS(=O)(=O)c1ccc([C@@H](O)[C@@H](CF)NC(=O)C=Cc2ccc(O)c(C(N)=O)c2)cc1. The Labute approximate surface area is 172 Å². The Morgan fingerprint density at radius 2 is 1.83 bits per heavy atom. The zero-order valence-corrected chi connectivity index (χ0v) is 16.8. The van der Waals surface area contributed by atoms with Crippen molar-refractivity contribution < 1.29 is 32.6 Å². The molecular formula is C20H21FN2O6S. The summed E-state index contributed by atoms with van der Waals surface area (Å²) in [5, 5.41) is 22.2. The van der Waals surface area contributed by atoms with Gasteiger partial charge in [-0.3, -0.25) is 9.59 Å². The molecule has 2 amide bonds. The number of sulfone groups is 1. The molecule has 30 heavy (non-hydrogen) atoms. The maximum atomic E-state index is 13.4. The number of nitrogens with two attached hydrogens (primary N) is 1. The quantitative estimate of drug-likeness (QED) is 0.456. The summed E-state index contributed by atoms with van der Waals surface area (Å²) in [5.41, 5.74) is 5.65. The minimum absolute atomic E-state index is 0.0476. The van der Waals surface area contributed by atoms with E-state index in [2.05, 4.69) is 5.32 Å². The van der Waals surface area contributed by atoms with E-state index >= 15 is 0 Å². The van der Waals surface area contributed by atoms with E-state index in [1.165, 1.54) is 48.5 Å². The van der Waals surface area contributed by atoms with Gasteiger partial charge in [0.1, 0.15) is 18.5 Å². The number of halogens is 1. The number of aliphatic hydroxyl groups is 1. The predicted octanol–water partition coefficient (Wildman–Crippen LogP) is 1.10. The van der Waals surface area contributed by atoms with Crippen LogP contribution < -0.4 is 11.1 Å². The van der Waals surface area contributed by atoms with Crippen molar-refractivity contribution in [2.75, 3.05) is 12.9 Å². The first-order chi connectivity index (χ1) is 14.0. The Bertz CT molecular complexity index is 1070. The molecule has 0 unspecified atom stereocenters. The largest absolute Gasteiger partial charge is 0.507 e. The summed E-state index contributed by atoms with van der Waals surface area (Å²) >= 11 is 0. The number of hydrogen-bond donors (Lipinski definition) is 4. The van der Waals surface area contributed by atoms with Crippen LogP contribution in [0.25, 0.3) is 6.08 Å². The summed E-state index contributed by atoms with van der Waals surface area (Å²) in [5.74, 6) is -1.85. The Balaban J connectivity index is 2.09. The molecule has 0 aromatic heterocycles. The number of carbonyl (C=O) groups is 2. The Hall–Kier alpha value is -3.24. The normalized spacial score (nSPS) is 13.7. The predicted molar refractivity (Wildman–Crippen MR) is 108 cm³/mol. The van der Waals surface area contributed by atoms with E-state index in [4.69, 9.17) is 5.73 Å². The lowest BCUT2D eigenvalue weighted by atomic mass is 10.0. The third kappa shape index (κ3) is 5.88. The number of rotatable bonds is 8. The van der Waals surface area contributed by atoms with Crippen LogP contribution in [0.15, 0.2) is 53.4 Å². The molecule has 0 spiro atoms. The molecule has 0 bridgehead atoms. The van der Waals surface area contributed by atoms with Gasteiger partial charge in [0.2, 0.25) is 5.91 Å². The van der Waals surface area contributed by atoms with Gasteiger partial charge in [-0.1, -0.05) is 18.2 Å². The van der Waals surface area contributed by atoms with E-state index in [0.717, 1.165) is 12.3 Å². The van der Waals surface area contributed by atoms with Crippen LogP contribution >= 0.6 is 0 Å². The molecule has 0 saturated carbocycles. The molecule has 0 aliphatic carbocycles. The van der Waals surface area contributed by atoms with Gasteiger partial charge in [0.25, 0.3) is 5.91 Å².